The molecule has 166 valence electrons. The van der Waals surface area contributed by atoms with E-state index in [1.165, 1.54) is 5.56 Å². The van der Waals surface area contributed by atoms with E-state index in [9.17, 15) is 4.79 Å². The fourth-order valence-corrected chi connectivity index (χ4v) is 4.84. The number of H-pyrrole nitrogens is 2. The maximum atomic E-state index is 12.6. The Balaban J connectivity index is 1.27. The van der Waals surface area contributed by atoms with Crippen LogP contribution in [0.25, 0.3) is 22.4 Å². The Kier molecular flexibility index (Phi) is 5.47. The predicted octanol–water partition coefficient (Wildman–Crippen LogP) is 4.74. The van der Waals surface area contributed by atoms with Gasteiger partial charge in [-0.05, 0) is 56.4 Å². The number of fused-ring (bicyclic) bond motifs is 1. The van der Waals surface area contributed by atoms with E-state index in [4.69, 9.17) is 4.98 Å². The summed E-state index contributed by atoms with van der Waals surface area (Å²) in [5.74, 6) is 0.940. The summed E-state index contributed by atoms with van der Waals surface area (Å²) in [6.07, 6.45) is 2.98. The highest BCUT2D eigenvalue weighted by atomic mass is 16.1. The third-order valence-corrected chi connectivity index (χ3v) is 6.79. The standard InChI is InChI=1S/C26H31N5O/c1-4-19-6-8-20(9-7-19)25-27-18(3)23(28-25)16-30-13-11-21(12-14-30)31-24-10-5-17(2)15-22(24)29-26(31)32/h5-10,15,21H,4,11-14,16H2,1-3H3,(H,27,28)(H,29,32). The fraction of sp³-hybridized carbons (Fsp3) is 0.385. The summed E-state index contributed by atoms with van der Waals surface area (Å²) >= 11 is 0. The molecule has 0 atom stereocenters. The molecule has 1 aliphatic rings. The molecule has 0 radical (unpaired) electrons. The third-order valence-electron chi connectivity index (χ3n) is 6.79. The van der Waals surface area contributed by atoms with Crippen molar-refractivity contribution < 1.29 is 0 Å². The fourth-order valence-electron chi connectivity index (χ4n) is 4.84. The number of piperidine rings is 1. The van der Waals surface area contributed by atoms with Gasteiger partial charge >= 0.3 is 5.69 Å². The third kappa shape index (κ3) is 3.91. The number of aromatic amines is 2. The lowest BCUT2D eigenvalue weighted by molar-refractivity contribution is 0.178. The molecule has 0 amide bonds. The van der Waals surface area contributed by atoms with Gasteiger partial charge in [0, 0.05) is 36.9 Å². The van der Waals surface area contributed by atoms with Crippen LogP contribution in [0, 0.1) is 13.8 Å². The van der Waals surface area contributed by atoms with Crippen molar-refractivity contribution >= 4 is 11.0 Å². The topological polar surface area (TPSA) is 69.7 Å². The van der Waals surface area contributed by atoms with E-state index >= 15 is 0 Å². The summed E-state index contributed by atoms with van der Waals surface area (Å²) in [5, 5.41) is 0. The molecule has 6 heteroatoms. The number of aromatic nitrogens is 4. The van der Waals surface area contributed by atoms with E-state index < -0.39 is 0 Å². The van der Waals surface area contributed by atoms with Crippen LogP contribution in [0.4, 0.5) is 0 Å². The van der Waals surface area contributed by atoms with Crippen molar-refractivity contribution in [3.05, 3.63) is 75.5 Å². The SMILES string of the molecule is CCc1ccc(-c2nc(CN3CCC(n4c(=O)[nH]c5cc(C)ccc54)CC3)c(C)[nH]2)cc1. The van der Waals surface area contributed by atoms with Gasteiger partial charge < -0.3 is 9.97 Å². The molecular formula is C26H31N5O. The molecule has 0 saturated carbocycles. The van der Waals surface area contributed by atoms with E-state index in [1.54, 1.807) is 0 Å². The van der Waals surface area contributed by atoms with Crippen molar-refractivity contribution in [3.63, 3.8) is 0 Å². The van der Waals surface area contributed by atoms with Crippen LogP contribution in [0.3, 0.4) is 0 Å². The Bertz CT molecular complexity index is 1290. The normalized spacial score (nSPS) is 15.6. The van der Waals surface area contributed by atoms with Gasteiger partial charge in [0.25, 0.3) is 0 Å². The number of hydrogen-bond acceptors (Lipinski definition) is 3. The lowest BCUT2D eigenvalue weighted by Gasteiger charge is -2.32. The van der Waals surface area contributed by atoms with Gasteiger partial charge in [0.15, 0.2) is 0 Å². The van der Waals surface area contributed by atoms with Crippen molar-refractivity contribution in [1.29, 1.82) is 0 Å². The van der Waals surface area contributed by atoms with Gasteiger partial charge in [-0.2, -0.15) is 0 Å². The van der Waals surface area contributed by atoms with E-state index in [0.717, 1.165) is 78.3 Å². The quantitative estimate of drug-likeness (QED) is 0.482. The van der Waals surface area contributed by atoms with Gasteiger partial charge in [0.05, 0.1) is 16.7 Å². The minimum atomic E-state index is 0.00549. The predicted molar refractivity (Wildman–Crippen MR) is 129 cm³/mol. The summed E-state index contributed by atoms with van der Waals surface area (Å²) in [4.78, 5) is 26.5. The van der Waals surface area contributed by atoms with Gasteiger partial charge in [-0.1, -0.05) is 37.3 Å². The van der Waals surface area contributed by atoms with Gasteiger partial charge in [0.2, 0.25) is 0 Å². The number of nitrogens with one attached hydrogen (secondary N) is 2. The van der Waals surface area contributed by atoms with E-state index in [1.807, 2.05) is 4.57 Å². The zero-order valence-electron chi connectivity index (χ0n) is 19.1. The van der Waals surface area contributed by atoms with Crippen molar-refractivity contribution in [3.8, 4) is 11.4 Å². The molecule has 3 heterocycles. The average Bonchev–Trinajstić information content (AvgIpc) is 3.32. The van der Waals surface area contributed by atoms with Crippen molar-refractivity contribution in [2.24, 2.45) is 0 Å². The van der Waals surface area contributed by atoms with Gasteiger partial charge in [-0.15, -0.1) is 0 Å². The van der Waals surface area contributed by atoms with Crippen LogP contribution in [0.5, 0.6) is 0 Å². The molecule has 1 fully saturated rings. The zero-order valence-corrected chi connectivity index (χ0v) is 19.1. The molecule has 0 unspecified atom stereocenters. The highest BCUT2D eigenvalue weighted by Gasteiger charge is 2.24. The molecule has 2 aromatic heterocycles. The molecule has 2 N–H and O–H groups in total. The first-order chi connectivity index (χ1) is 15.5. The number of aryl methyl sites for hydroxylation is 3. The first-order valence-corrected chi connectivity index (χ1v) is 11.6. The Labute approximate surface area is 188 Å². The van der Waals surface area contributed by atoms with Crippen LogP contribution in [-0.2, 0) is 13.0 Å². The summed E-state index contributed by atoms with van der Waals surface area (Å²) < 4.78 is 1.96. The number of imidazole rings is 2. The molecule has 1 aliphatic heterocycles. The van der Waals surface area contributed by atoms with Gasteiger partial charge in [-0.3, -0.25) is 9.47 Å². The second-order valence-electron chi connectivity index (χ2n) is 9.04. The highest BCUT2D eigenvalue weighted by molar-refractivity contribution is 5.76. The van der Waals surface area contributed by atoms with Crippen LogP contribution < -0.4 is 5.69 Å². The van der Waals surface area contributed by atoms with E-state index in [0.29, 0.717) is 0 Å². The second-order valence-corrected chi connectivity index (χ2v) is 9.04. The molecule has 4 aromatic rings. The molecule has 32 heavy (non-hydrogen) atoms. The van der Waals surface area contributed by atoms with Crippen molar-refractivity contribution in [1.82, 2.24) is 24.4 Å². The van der Waals surface area contributed by atoms with Crippen molar-refractivity contribution in [2.75, 3.05) is 13.1 Å². The molecule has 5 rings (SSSR count). The Morgan fingerprint density at radius 2 is 1.78 bits per heavy atom. The minimum Gasteiger partial charge on any atom is -0.342 e. The van der Waals surface area contributed by atoms with Crippen LogP contribution in [0.15, 0.2) is 47.3 Å². The lowest BCUT2D eigenvalue weighted by atomic mass is 10.0. The summed E-state index contributed by atoms with van der Waals surface area (Å²) in [6.45, 7) is 9.08. The van der Waals surface area contributed by atoms with Crippen LogP contribution >= 0.6 is 0 Å². The largest absolute Gasteiger partial charge is 0.342 e. The monoisotopic (exact) mass is 429 g/mol. The summed E-state index contributed by atoms with van der Waals surface area (Å²) in [5.41, 5.74) is 7.82. The Morgan fingerprint density at radius 3 is 2.50 bits per heavy atom. The molecule has 6 nitrogen and oxygen atoms in total. The number of likely N-dealkylation sites (tertiary alicyclic amines) is 1. The maximum Gasteiger partial charge on any atom is 0.326 e. The number of hydrogen-bond donors (Lipinski definition) is 2. The molecule has 0 bridgehead atoms. The van der Waals surface area contributed by atoms with E-state index in [-0.39, 0.29) is 11.7 Å². The first kappa shape index (κ1) is 20.8. The van der Waals surface area contributed by atoms with Crippen LogP contribution in [0.1, 0.15) is 48.3 Å². The van der Waals surface area contributed by atoms with Gasteiger partial charge in [0.1, 0.15) is 5.82 Å². The summed E-state index contributed by atoms with van der Waals surface area (Å²) in [7, 11) is 0. The minimum absolute atomic E-state index is 0.00549. The lowest BCUT2D eigenvalue weighted by Crippen LogP contribution is -2.36. The van der Waals surface area contributed by atoms with E-state index in [2.05, 4.69) is 78.1 Å². The number of nitrogens with zero attached hydrogens (tertiary/aromatic N) is 3. The molecule has 0 aliphatic carbocycles. The smallest absolute Gasteiger partial charge is 0.326 e. The zero-order chi connectivity index (χ0) is 22.2. The summed E-state index contributed by atoms with van der Waals surface area (Å²) in [6, 6.07) is 15.1. The molecule has 2 aromatic carbocycles. The average molecular weight is 430 g/mol. The number of benzene rings is 2. The van der Waals surface area contributed by atoms with Crippen LogP contribution in [-0.4, -0.2) is 37.5 Å². The first-order valence-electron chi connectivity index (χ1n) is 11.6. The molecular weight excluding hydrogens is 398 g/mol. The van der Waals surface area contributed by atoms with Gasteiger partial charge in [-0.25, -0.2) is 9.78 Å². The second kappa shape index (κ2) is 8.43. The Hall–Kier alpha value is -3.12. The highest BCUT2D eigenvalue weighted by Crippen LogP contribution is 2.27. The molecule has 1 saturated heterocycles. The Morgan fingerprint density at radius 1 is 1.03 bits per heavy atom. The maximum absolute atomic E-state index is 12.6. The van der Waals surface area contributed by atoms with Crippen LogP contribution in [0.2, 0.25) is 0 Å². The van der Waals surface area contributed by atoms with Crippen molar-refractivity contribution in [2.45, 2.75) is 52.6 Å². The molecule has 0 spiro atoms. The number of rotatable bonds is 5.